The number of amides is 1. The first-order chi connectivity index (χ1) is 14.9. The minimum atomic E-state index is -4.46. The van der Waals surface area contributed by atoms with E-state index in [2.05, 4.69) is 15.6 Å². The van der Waals surface area contributed by atoms with Crippen molar-refractivity contribution in [1.29, 1.82) is 0 Å². The van der Waals surface area contributed by atoms with Crippen molar-refractivity contribution in [1.82, 2.24) is 5.32 Å². The Bertz CT molecular complexity index is 908. The minimum Gasteiger partial charge on any atom is -0.492 e. The molecule has 2 N–H and O–H groups in total. The van der Waals surface area contributed by atoms with E-state index < -0.39 is 17.6 Å². The summed E-state index contributed by atoms with van der Waals surface area (Å²) in [6, 6.07) is 11.2. The van der Waals surface area contributed by atoms with Gasteiger partial charge in [-0.25, -0.2) is 4.99 Å². The van der Waals surface area contributed by atoms with E-state index in [1.54, 1.807) is 18.2 Å². The zero-order valence-electron chi connectivity index (χ0n) is 17.0. The number of benzene rings is 2. The summed E-state index contributed by atoms with van der Waals surface area (Å²) in [6.07, 6.45) is -2.68. The van der Waals surface area contributed by atoms with Gasteiger partial charge in [-0.3, -0.25) is 10.1 Å². The zero-order chi connectivity index (χ0) is 22.3. The minimum absolute atomic E-state index is 0.0399. The van der Waals surface area contributed by atoms with Crippen molar-refractivity contribution in [3.63, 3.8) is 0 Å². The summed E-state index contributed by atoms with van der Waals surface area (Å²) in [5, 5.41) is 5.69. The highest BCUT2D eigenvalue weighted by atomic mass is 19.4. The maximum atomic E-state index is 12.8. The fourth-order valence-electron chi connectivity index (χ4n) is 3.06. The summed E-state index contributed by atoms with van der Waals surface area (Å²) >= 11 is 0. The van der Waals surface area contributed by atoms with Crippen LogP contribution in [0.4, 0.5) is 18.9 Å². The van der Waals surface area contributed by atoms with Crippen molar-refractivity contribution < 1.29 is 27.4 Å². The Morgan fingerprint density at radius 2 is 1.94 bits per heavy atom. The molecule has 0 spiro atoms. The molecule has 9 heteroatoms. The lowest BCUT2D eigenvalue weighted by molar-refractivity contribution is -0.137. The van der Waals surface area contributed by atoms with Crippen LogP contribution in [-0.2, 0) is 10.9 Å². The molecular formula is C22H24F3N3O3. The number of hydrogen-bond acceptors (Lipinski definition) is 4. The summed E-state index contributed by atoms with van der Waals surface area (Å²) in [6.45, 7) is 3.33. The average Bonchev–Trinajstić information content (AvgIpc) is 3.27. The van der Waals surface area contributed by atoms with Gasteiger partial charge in [0, 0.05) is 12.2 Å². The predicted octanol–water partition coefficient (Wildman–Crippen LogP) is 4.48. The number of carbonyl (C=O) groups excluding carboxylic acids is 1. The molecule has 0 aromatic heterocycles. The number of alkyl halides is 3. The molecule has 1 fully saturated rings. The van der Waals surface area contributed by atoms with Crippen LogP contribution in [0.1, 0.15) is 35.7 Å². The molecule has 1 aliphatic heterocycles. The van der Waals surface area contributed by atoms with Crippen LogP contribution in [0.25, 0.3) is 0 Å². The van der Waals surface area contributed by atoms with Gasteiger partial charge in [-0.2, -0.15) is 13.2 Å². The monoisotopic (exact) mass is 435 g/mol. The van der Waals surface area contributed by atoms with E-state index in [-0.39, 0.29) is 17.6 Å². The van der Waals surface area contributed by atoms with Gasteiger partial charge >= 0.3 is 6.18 Å². The van der Waals surface area contributed by atoms with Crippen LogP contribution in [0, 0.1) is 0 Å². The van der Waals surface area contributed by atoms with Crippen LogP contribution in [0.3, 0.4) is 0 Å². The van der Waals surface area contributed by atoms with Crippen LogP contribution in [-0.4, -0.2) is 37.7 Å². The van der Waals surface area contributed by atoms with Gasteiger partial charge in [0.15, 0.2) is 0 Å². The van der Waals surface area contributed by atoms with Crippen LogP contribution >= 0.6 is 0 Å². The molecule has 1 unspecified atom stereocenters. The van der Waals surface area contributed by atoms with Gasteiger partial charge in [0.1, 0.15) is 5.75 Å². The van der Waals surface area contributed by atoms with Crippen molar-refractivity contribution in [3.8, 4) is 5.75 Å². The Kier molecular flexibility index (Phi) is 7.51. The Morgan fingerprint density at radius 1 is 1.19 bits per heavy atom. The molecule has 0 radical (unpaired) electrons. The lowest BCUT2D eigenvalue weighted by Gasteiger charge is -2.16. The van der Waals surface area contributed by atoms with Gasteiger partial charge in [-0.1, -0.05) is 12.1 Å². The number of aliphatic imine (C=N–C) groups is 1. The smallest absolute Gasteiger partial charge is 0.416 e. The zero-order valence-corrected chi connectivity index (χ0v) is 17.0. The average molecular weight is 435 g/mol. The van der Waals surface area contributed by atoms with Gasteiger partial charge in [0.25, 0.3) is 5.91 Å². The van der Waals surface area contributed by atoms with E-state index in [0.29, 0.717) is 31.2 Å². The second-order valence-electron chi connectivity index (χ2n) is 6.91. The molecule has 2 aromatic carbocycles. The molecule has 1 aliphatic rings. The molecule has 31 heavy (non-hydrogen) atoms. The van der Waals surface area contributed by atoms with Crippen LogP contribution in [0.2, 0.25) is 0 Å². The summed E-state index contributed by atoms with van der Waals surface area (Å²) < 4.78 is 49.5. The van der Waals surface area contributed by atoms with E-state index in [1.165, 1.54) is 0 Å². The summed E-state index contributed by atoms with van der Waals surface area (Å²) in [5.74, 6) is 0.160. The Morgan fingerprint density at radius 3 is 2.58 bits per heavy atom. The number of rotatable bonds is 6. The highest BCUT2D eigenvalue weighted by Crippen LogP contribution is 2.29. The third-order valence-electron chi connectivity index (χ3n) is 4.62. The number of ether oxygens (including phenoxy) is 2. The van der Waals surface area contributed by atoms with E-state index in [9.17, 15) is 18.0 Å². The highest BCUT2D eigenvalue weighted by molar-refractivity contribution is 6.10. The summed E-state index contributed by atoms with van der Waals surface area (Å²) in [5.41, 5.74) is -0.138. The molecule has 1 amide bonds. The van der Waals surface area contributed by atoms with E-state index in [0.717, 1.165) is 37.1 Å². The van der Waals surface area contributed by atoms with E-state index >= 15 is 0 Å². The summed E-state index contributed by atoms with van der Waals surface area (Å²) in [4.78, 5) is 17.1. The Labute approximate surface area is 178 Å². The molecule has 0 bridgehead atoms. The number of carbonyl (C=O) groups is 1. The van der Waals surface area contributed by atoms with Gasteiger partial charge in [-0.15, -0.1) is 0 Å². The van der Waals surface area contributed by atoms with Gasteiger partial charge < -0.3 is 14.8 Å². The van der Waals surface area contributed by atoms with Gasteiger partial charge in [0.05, 0.1) is 30.5 Å². The maximum Gasteiger partial charge on any atom is 0.416 e. The molecule has 2 aromatic rings. The number of guanidine groups is 1. The second-order valence-corrected chi connectivity index (χ2v) is 6.91. The van der Waals surface area contributed by atoms with Crippen molar-refractivity contribution in [2.75, 3.05) is 25.1 Å². The molecular weight excluding hydrogens is 411 g/mol. The fraction of sp³-hybridized carbons (Fsp3) is 0.364. The second kappa shape index (κ2) is 10.3. The first-order valence-electron chi connectivity index (χ1n) is 10.0. The largest absolute Gasteiger partial charge is 0.492 e. The number of hydrogen-bond donors (Lipinski definition) is 2. The maximum absolute atomic E-state index is 12.8. The van der Waals surface area contributed by atoms with Gasteiger partial charge in [-0.05, 0) is 56.2 Å². The standard InChI is InChI=1S/C22H24F3N3O3/c1-2-30-19-8-4-3-7-18(19)27-21(26-14-17-6-5-13-31-17)28-20(29)15-9-11-16(12-10-15)22(23,24)25/h3-4,7-12,17H,2,5-6,13-14H2,1H3,(H2,26,27,28,29). The first-order valence-corrected chi connectivity index (χ1v) is 10.0. The van der Waals surface area contributed by atoms with Crippen molar-refractivity contribution in [2.24, 2.45) is 4.99 Å². The molecule has 1 heterocycles. The first kappa shape index (κ1) is 22.6. The molecule has 1 saturated heterocycles. The fourth-order valence-corrected chi connectivity index (χ4v) is 3.06. The number of halogens is 3. The third-order valence-corrected chi connectivity index (χ3v) is 4.62. The molecule has 0 saturated carbocycles. The SMILES string of the molecule is CCOc1ccccc1NC(=NCC1CCCO1)NC(=O)c1ccc(C(F)(F)F)cc1. The third kappa shape index (κ3) is 6.45. The van der Waals surface area contributed by atoms with E-state index in [1.807, 2.05) is 13.0 Å². The molecule has 0 aliphatic carbocycles. The Balaban J connectivity index is 1.77. The van der Waals surface area contributed by atoms with Crippen LogP contribution in [0.5, 0.6) is 5.75 Å². The van der Waals surface area contributed by atoms with Crippen molar-refractivity contribution in [3.05, 3.63) is 59.7 Å². The number of nitrogens with one attached hydrogen (secondary N) is 2. The number of anilines is 1. The lowest BCUT2D eigenvalue weighted by atomic mass is 10.1. The van der Waals surface area contributed by atoms with E-state index in [4.69, 9.17) is 9.47 Å². The topological polar surface area (TPSA) is 71.9 Å². The predicted molar refractivity (Wildman–Crippen MR) is 111 cm³/mol. The van der Waals surface area contributed by atoms with Crippen molar-refractivity contribution >= 4 is 17.6 Å². The quantitative estimate of drug-likeness (QED) is 0.518. The molecule has 166 valence electrons. The number of para-hydroxylation sites is 2. The van der Waals surface area contributed by atoms with Crippen LogP contribution in [0.15, 0.2) is 53.5 Å². The normalized spacial score (nSPS) is 16.8. The number of nitrogens with zero attached hydrogens (tertiary/aromatic N) is 1. The Hall–Kier alpha value is -3.07. The molecule has 6 nitrogen and oxygen atoms in total. The summed E-state index contributed by atoms with van der Waals surface area (Å²) in [7, 11) is 0. The highest BCUT2D eigenvalue weighted by Gasteiger charge is 2.30. The van der Waals surface area contributed by atoms with Gasteiger partial charge in [0.2, 0.25) is 5.96 Å². The van der Waals surface area contributed by atoms with Crippen molar-refractivity contribution in [2.45, 2.75) is 32.0 Å². The van der Waals surface area contributed by atoms with Crippen LogP contribution < -0.4 is 15.4 Å². The molecule has 1 atom stereocenters. The molecule has 3 rings (SSSR count). The lowest BCUT2D eigenvalue weighted by Crippen LogP contribution is -2.37.